The summed E-state index contributed by atoms with van der Waals surface area (Å²) in [5.74, 6) is 0. The monoisotopic (exact) mass is 242 g/mol. The van der Waals surface area contributed by atoms with Crippen molar-refractivity contribution in [1.82, 2.24) is 0 Å². The van der Waals surface area contributed by atoms with E-state index in [1.165, 1.54) is 6.07 Å². The number of anilines is 1. The molecule has 1 aliphatic rings. The minimum atomic E-state index is -0.756. The number of hydrogen-bond acceptors (Lipinski definition) is 4. The van der Waals surface area contributed by atoms with Crippen molar-refractivity contribution in [2.24, 2.45) is 0 Å². The molecule has 1 aliphatic heterocycles. The maximum Gasteiger partial charge on any atom is 0.294 e. The molecule has 2 rings (SSSR count). The summed E-state index contributed by atoms with van der Waals surface area (Å²) < 4.78 is 0. The van der Waals surface area contributed by atoms with Crippen LogP contribution in [0.25, 0.3) is 0 Å². The zero-order valence-corrected chi connectivity index (χ0v) is 9.44. The molecule has 86 valence electrons. The normalized spacial score (nSPS) is 18.1. The standard InChI is InChI=1S/C10H11ClN2O3/c1-10(14)5-12(6-10)8-3-2-7(11)4-9(8)13(15)16/h2-4,14H,5-6H2,1H3. The molecule has 0 unspecified atom stereocenters. The van der Waals surface area contributed by atoms with Gasteiger partial charge in [-0.1, -0.05) is 11.6 Å². The van der Waals surface area contributed by atoms with E-state index in [1.807, 2.05) is 0 Å². The molecule has 1 aromatic carbocycles. The molecule has 1 aromatic rings. The molecular formula is C10H11ClN2O3. The fourth-order valence-corrected chi connectivity index (χ4v) is 2.02. The zero-order chi connectivity index (χ0) is 11.9. The van der Waals surface area contributed by atoms with E-state index < -0.39 is 10.5 Å². The van der Waals surface area contributed by atoms with Crippen LogP contribution in [0.2, 0.25) is 5.02 Å². The molecule has 16 heavy (non-hydrogen) atoms. The van der Waals surface area contributed by atoms with Crippen molar-refractivity contribution in [1.29, 1.82) is 0 Å². The quantitative estimate of drug-likeness (QED) is 0.635. The summed E-state index contributed by atoms with van der Waals surface area (Å²) in [6, 6.07) is 4.54. The number of nitro benzene ring substituents is 1. The van der Waals surface area contributed by atoms with Crippen molar-refractivity contribution in [3.05, 3.63) is 33.3 Å². The number of nitro groups is 1. The van der Waals surface area contributed by atoms with Crippen LogP contribution in [-0.4, -0.2) is 28.7 Å². The fraction of sp³-hybridized carbons (Fsp3) is 0.400. The molecule has 0 bridgehead atoms. The second-order valence-corrected chi connectivity index (χ2v) is 4.68. The molecule has 0 aliphatic carbocycles. The Labute approximate surface area is 97.4 Å². The van der Waals surface area contributed by atoms with Gasteiger partial charge < -0.3 is 10.0 Å². The van der Waals surface area contributed by atoms with Crippen molar-refractivity contribution in [2.75, 3.05) is 18.0 Å². The minimum absolute atomic E-state index is 0.0250. The van der Waals surface area contributed by atoms with Crippen LogP contribution in [0.15, 0.2) is 18.2 Å². The van der Waals surface area contributed by atoms with Gasteiger partial charge in [0.15, 0.2) is 0 Å². The Kier molecular flexibility index (Phi) is 2.52. The van der Waals surface area contributed by atoms with Crippen LogP contribution >= 0.6 is 11.6 Å². The lowest BCUT2D eigenvalue weighted by Crippen LogP contribution is -2.60. The molecule has 0 atom stereocenters. The Bertz CT molecular complexity index is 440. The maximum atomic E-state index is 10.8. The maximum absolute atomic E-state index is 10.8. The van der Waals surface area contributed by atoms with Gasteiger partial charge in [-0.2, -0.15) is 0 Å². The van der Waals surface area contributed by atoms with E-state index in [9.17, 15) is 15.2 Å². The zero-order valence-electron chi connectivity index (χ0n) is 8.68. The Morgan fingerprint density at radius 2 is 2.19 bits per heavy atom. The molecule has 0 saturated carbocycles. The predicted molar refractivity (Wildman–Crippen MR) is 60.9 cm³/mol. The van der Waals surface area contributed by atoms with Gasteiger partial charge in [-0.25, -0.2) is 0 Å². The van der Waals surface area contributed by atoms with Gasteiger partial charge in [-0.3, -0.25) is 10.1 Å². The molecule has 1 fully saturated rings. The first-order valence-electron chi connectivity index (χ1n) is 4.80. The SMILES string of the molecule is CC1(O)CN(c2ccc(Cl)cc2[N+](=O)[O-])C1. The van der Waals surface area contributed by atoms with Gasteiger partial charge in [0.1, 0.15) is 5.69 Å². The van der Waals surface area contributed by atoms with Gasteiger partial charge >= 0.3 is 0 Å². The summed E-state index contributed by atoms with van der Waals surface area (Å²) in [7, 11) is 0. The average Bonchev–Trinajstić information content (AvgIpc) is 2.14. The van der Waals surface area contributed by atoms with E-state index in [0.29, 0.717) is 23.8 Å². The van der Waals surface area contributed by atoms with Gasteiger partial charge in [0.2, 0.25) is 0 Å². The van der Waals surface area contributed by atoms with Crippen LogP contribution in [0.3, 0.4) is 0 Å². The van der Waals surface area contributed by atoms with Crippen LogP contribution in [0.1, 0.15) is 6.92 Å². The molecule has 1 heterocycles. The molecule has 0 amide bonds. The van der Waals surface area contributed by atoms with E-state index in [0.717, 1.165) is 0 Å². The van der Waals surface area contributed by atoms with Crippen LogP contribution in [-0.2, 0) is 0 Å². The van der Waals surface area contributed by atoms with Crippen molar-refractivity contribution in [2.45, 2.75) is 12.5 Å². The molecule has 0 aromatic heterocycles. The van der Waals surface area contributed by atoms with Crippen molar-refractivity contribution in [3.8, 4) is 0 Å². The second kappa shape index (κ2) is 3.61. The van der Waals surface area contributed by atoms with Gasteiger partial charge in [0.25, 0.3) is 5.69 Å². The number of halogens is 1. The lowest BCUT2D eigenvalue weighted by molar-refractivity contribution is -0.384. The summed E-state index contributed by atoms with van der Waals surface area (Å²) in [6.07, 6.45) is 0. The first-order valence-corrected chi connectivity index (χ1v) is 5.18. The van der Waals surface area contributed by atoms with Crippen LogP contribution in [0, 0.1) is 10.1 Å². The highest BCUT2D eigenvalue weighted by Crippen LogP contribution is 2.35. The lowest BCUT2D eigenvalue weighted by Gasteiger charge is -2.45. The third kappa shape index (κ3) is 1.96. The van der Waals surface area contributed by atoms with Crippen molar-refractivity contribution < 1.29 is 10.0 Å². The molecular weight excluding hydrogens is 232 g/mol. The van der Waals surface area contributed by atoms with Crippen LogP contribution < -0.4 is 4.90 Å². The van der Waals surface area contributed by atoms with Crippen LogP contribution in [0.5, 0.6) is 0 Å². The molecule has 6 heteroatoms. The molecule has 5 nitrogen and oxygen atoms in total. The molecule has 0 radical (unpaired) electrons. The van der Waals surface area contributed by atoms with Crippen molar-refractivity contribution in [3.63, 3.8) is 0 Å². The highest BCUT2D eigenvalue weighted by Gasteiger charge is 2.39. The largest absolute Gasteiger partial charge is 0.386 e. The number of aliphatic hydroxyl groups is 1. The summed E-state index contributed by atoms with van der Waals surface area (Å²) in [5, 5.41) is 20.8. The van der Waals surface area contributed by atoms with Gasteiger partial charge in [0, 0.05) is 24.2 Å². The number of benzene rings is 1. The first-order chi connectivity index (χ1) is 7.39. The topological polar surface area (TPSA) is 66.6 Å². The highest BCUT2D eigenvalue weighted by molar-refractivity contribution is 6.30. The van der Waals surface area contributed by atoms with Crippen molar-refractivity contribution >= 4 is 23.0 Å². The number of nitrogens with zero attached hydrogens (tertiary/aromatic N) is 2. The summed E-state index contributed by atoms with van der Waals surface area (Å²) in [6.45, 7) is 2.50. The number of β-amino-alcohol motifs (C(OH)–C–C–N with tert-alkyl or cyclic N) is 1. The van der Waals surface area contributed by atoms with Gasteiger partial charge in [0.05, 0.1) is 10.5 Å². The van der Waals surface area contributed by atoms with E-state index in [2.05, 4.69) is 0 Å². The van der Waals surface area contributed by atoms with E-state index in [-0.39, 0.29) is 5.69 Å². The summed E-state index contributed by atoms with van der Waals surface area (Å²) in [5.41, 5.74) is -0.281. The fourth-order valence-electron chi connectivity index (χ4n) is 1.86. The molecule has 1 saturated heterocycles. The average molecular weight is 243 g/mol. The van der Waals surface area contributed by atoms with Gasteiger partial charge in [-0.05, 0) is 19.1 Å². The Hall–Kier alpha value is -1.33. The van der Waals surface area contributed by atoms with E-state index in [1.54, 1.807) is 24.0 Å². The third-order valence-corrected chi connectivity index (χ3v) is 2.77. The summed E-state index contributed by atoms with van der Waals surface area (Å²) in [4.78, 5) is 12.1. The minimum Gasteiger partial charge on any atom is -0.386 e. The third-order valence-electron chi connectivity index (χ3n) is 2.54. The molecule has 1 N–H and O–H groups in total. The summed E-state index contributed by atoms with van der Waals surface area (Å²) >= 11 is 5.71. The van der Waals surface area contributed by atoms with E-state index in [4.69, 9.17) is 11.6 Å². The lowest BCUT2D eigenvalue weighted by atomic mass is 9.96. The highest BCUT2D eigenvalue weighted by atomic mass is 35.5. The van der Waals surface area contributed by atoms with Gasteiger partial charge in [-0.15, -0.1) is 0 Å². The number of hydrogen-bond donors (Lipinski definition) is 1. The smallest absolute Gasteiger partial charge is 0.294 e. The number of rotatable bonds is 2. The Balaban J connectivity index is 2.31. The second-order valence-electron chi connectivity index (χ2n) is 4.24. The molecule has 0 spiro atoms. The first kappa shape index (κ1) is 11.2. The van der Waals surface area contributed by atoms with Crippen LogP contribution in [0.4, 0.5) is 11.4 Å². The predicted octanol–water partition coefficient (Wildman–Crippen LogP) is 1.82. The Morgan fingerprint density at radius 3 is 2.69 bits per heavy atom. The Morgan fingerprint density at radius 1 is 1.56 bits per heavy atom. The van der Waals surface area contributed by atoms with E-state index >= 15 is 0 Å².